The van der Waals surface area contributed by atoms with Crippen LogP contribution >= 0.6 is 11.3 Å². The highest BCUT2D eigenvalue weighted by atomic mass is 32.1. The fourth-order valence-corrected chi connectivity index (χ4v) is 2.83. The maximum absolute atomic E-state index is 12.0. The minimum Gasteiger partial charge on any atom is -0.479 e. The third-order valence-electron chi connectivity index (χ3n) is 2.68. The number of aliphatic carboxylic acids is 1. The monoisotopic (exact) mass is 299 g/mol. The van der Waals surface area contributed by atoms with Gasteiger partial charge in [0.2, 0.25) is 0 Å². The maximum Gasteiger partial charge on any atom is 0.411 e. The van der Waals surface area contributed by atoms with Crippen molar-refractivity contribution in [3.63, 3.8) is 0 Å². The van der Waals surface area contributed by atoms with Gasteiger partial charge in [0.15, 0.2) is 6.04 Å². The number of carbonyl (C=O) groups excluding carboxylic acids is 1. The second kappa shape index (κ2) is 5.83. The molecule has 0 aromatic carbocycles. The third-order valence-corrected chi connectivity index (χ3v) is 3.66. The van der Waals surface area contributed by atoms with E-state index in [9.17, 15) is 14.7 Å². The molecule has 0 fully saturated rings. The van der Waals surface area contributed by atoms with Crippen molar-refractivity contribution in [2.24, 2.45) is 0 Å². The lowest BCUT2D eigenvalue weighted by Gasteiger charge is -2.28. The molecule has 0 aliphatic rings. The van der Waals surface area contributed by atoms with Crippen molar-refractivity contribution in [2.45, 2.75) is 46.3 Å². The van der Waals surface area contributed by atoms with E-state index in [0.29, 0.717) is 5.56 Å². The topological polar surface area (TPSA) is 66.8 Å². The van der Waals surface area contributed by atoms with Crippen LogP contribution in [-0.4, -0.2) is 34.7 Å². The summed E-state index contributed by atoms with van der Waals surface area (Å²) in [6, 6.07) is 0.773. The summed E-state index contributed by atoms with van der Waals surface area (Å²) in [7, 11) is 1.44. The zero-order valence-electron chi connectivity index (χ0n) is 12.7. The molecule has 1 atom stereocenters. The van der Waals surface area contributed by atoms with Crippen molar-refractivity contribution in [1.82, 2.24) is 4.90 Å². The normalized spacial score (nSPS) is 12.9. The Morgan fingerprint density at radius 3 is 2.25 bits per heavy atom. The molecule has 0 aliphatic heterocycles. The molecule has 5 nitrogen and oxygen atoms in total. The van der Waals surface area contributed by atoms with Crippen molar-refractivity contribution in [3.8, 4) is 0 Å². The lowest BCUT2D eigenvalue weighted by atomic mass is 10.1. The number of carbonyl (C=O) groups is 2. The molecular weight excluding hydrogens is 278 g/mol. The number of likely N-dealkylation sites (N-methyl/N-ethyl adjacent to an activating group) is 1. The summed E-state index contributed by atoms with van der Waals surface area (Å²) in [4.78, 5) is 26.6. The van der Waals surface area contributed by atoms with Gasteiger partial charge in [0.25, 0.3) is 0 Å². The Labute approximate surface area is 123 Å². The number of ether oxygens (including phenoxy) is 1. The Morgan fingerprint density at radius 2 is 1.90 bits per heavy atom. The number of amides is 1. The summed E-state index contributed by atoms with van der Waals surface area (Å²) in [5, 5.41) is 9.43. The smallest absolute Gasteiger partial charge is 0.411 e. The van der Waals surface area contributed by atoms with E-state index in [4.69, 9.17) is 4.74 Å². The molecular formula is C14H21NO4S. The predicted molar refractivity (Wildman–Crippen MR) is 78.2 cm³/mol. The Bertz CT molecular complexity index is 516. The summed E-state index contributed by atoms with van der Waals surface area (Å²) in [5.41, 5.74) is -0.0260. The molecule has 112 valence electrons. The van der Waals surface area contributed by atoms with Crippen LogP contribution in [0.1, 0.15) is 42.1 Å². The molecule has 0 saturated heterocycles. The minimum absolute atomic E-state index is 0.633. The number of hydrogen-bond acceptors (Lipinski definition) is 4. The van der Waals surface area contributed by atoms with Gasteiger partial charge in [0, 0.05) is 16.8 Å². The second-order valence-corrected chi connectivity index (χ2v) is 7.16. The summed E-state index contributed by atoms with van der Waals surface area (Å²) in [5.74, 6) is -1.07. The third kappa shape index (κ3) is 3.96. The van der Waals surface area contributed by atoms with Crippen molar-refractivity contribution < 1.29 is 19.4 Å². The van der Waals surface area contributed by atoms with Gasteiger partial charge in [-0.25, -0.2) is 9.59 Å². The van der Waals surface area contributed by atoms with Crippen LogP contribution in [0.5, 0.6) is 0 Å². The second-order valence-electron chi connectivity index (χ2n) is 5.70. The largest absolute Gasteiger partial charge is 0.479 e. The number of nitrogens with zero attached hydrogens (tertiary/aromatic N) is 1. The van der Waals surface area contributed by atoms with E-state index in [-0.39, 0.29) is 0 Å². The van der Waals surface area contributed by atoms with Gasteiger partial charge in [-0.2, -0.15) is 0 Å². The quantitative estimate of drug-likeness (QED) is 0.929. The van der Waals surface area contributed by atoms with Crippen LogP contribution in [0.2, 0.25) is 0 Å². The minimum atomic E-state index is -1.07. The van der Waals surface area contributed by atoms with Crippen LogP contribution in [0.25, 0.3) is 0 Å². The summed E-state index contributed by atoms with van der Waals surface area (Å²) < 4.78 is 5.23. The molecule has 0 saturated carbocycles. The molecule has 1 N–H and O–H groups in total. The van der Waals surface area contributed by atoms with E-state index in [2.05, 4.69) is 0 Å². The molecule has 0 radical (unpaired) electrons. The highest BCUT2D eigenvalue weighted by Crippen LogP contribution is 2.30. The molecule has 0 aliphatic carbocycles. The van der Waals surface area contributed by atoms with Crippen LogP contribution < -0.4 is 0 Å². The highest BCUT2D eigenvalue weighted by molar-refractivity contribution is 7.12. The molecule has 20 heavy (non-hydrogen) atoms. The first-order valence-electron chi connectivity index (χ1n) is 6.28. The van der Waals surface area contributed by atoms with Gasteiger partial charge in [-0.15, -0.1) is 11.3 Å². The van der Waals surface area contributed by atoms with Crippen LogP contribution in [0.4, 0.5) is 4.79 Å². The first-order chi connectivity index (χ1) is 9.03. The summed E-state index contributed by atoms with van der Waals surface area (Å²) in [6.45, 7) is 9.00. The molecule has 0 spiro atoms. The Kier molecular flexibility index (Phi) is 4.81. The average molecular weight is 299 g/mol. The van der Waals surface area contributed by atoms with Crippen molar-refractivity contribution in [2.75, 3.05) is 7.05 Å². The van der Waals surface area contributed by atoms with Crippen LogP contribution in [0.3, 0.4) is 0 Å². The molecule has 1 rings (SSSR count). The van der Waals surface area contributed by atoms with Crippen molar-refractivity contribution in [1.29, 1.82) is 0 Å². The van der Waals surface area contributed by atoms with Gasteiger partial charge < -0.3 is 9.84 Å². The average Bonchev–Trinajstić information content (AvgIpc) is 2.55. The maximum atomic E-state index is 12.0. The SMILES string of the molecule is Cc1cc(C(C(=O)O)N(C)C(=O)OC(C)(C)C)c(C)s1. The number of carboxylic acid groups (broad SMARTS) is 1. The fraction of sp³-hybridized carbons (Fsp3) is 0.571. The number of carboxylic acids is 1. The van der Waals surface area contributed by atoms with Crippen LogP contribution in [0, 0.1) is 13.8 Å². The van der Waals surface area contributed by atoms with Crippen molar-refractivity contribution in [3.05, 3.63) is 21.4 Å². The zero-order valence-corrected chi connectivity index (χ0v) is 13.5. The lowest BCUT2D eigenvalue weighted by Crippen LogP contribution is -2.39. The van der Waals surface area contributed by atoms with Gasteiger partial charge in [-0.1, -0.05) is 0 Å². The number of hydrogen-bond donors (Lipinski definition) is 1. The Hall–Kier alpha value is -1.56. The predicted octanol–water partition coefficient (Wildman–Crippen LogP) is 3.36. The van der Waals surface area contributed by atoms with E-state index >= 15 is 0 Å². The number of thiophene rings is 1. The number of aryl methyl sites for hydroxylation is 2. The van der Waals surface area contributed by atoms with E-state index in [1.54, 1.807) is 26.8 Å². The highest BCUT2D eigenvalue weighted by Gasteiger charge is 2.33. The molecule has 1 aromatic rings. The first kappa shape index (κ1) is 16.5. The van der Waals surface area contributed by atoms with Crippen LogP contribution in [-0.2, 0) is 9.53 Å². The molecule has 1 aromatic heterocycles. The van der Waals surface area contributed by atoms with Crippen LogP contribution in [0.15, 0.2) is 6.07 Å². The van der Waals surface area contributed by atoms with Gasteiger partial charge >= 0.3 is 12.1 Å². The summed E-state index contributed by atoms with van der Waals surface area (Å²) >= 11 is 1.52. The van der Waals surface area contributed by atoms with Gasteiger partial charge in [0.05, 0.1) is 0 Å². The molecule has 1 unspecified atom stereocenters. The lowest BCUT2D eigenvalue weighted by molar-refractivity contribution is -0.142. The molecule has 1 heterocycles. The summed E-state index contributed by atoms with van der Waals surface area (Å²) in [6.07, 6.45) is -0.645. The van der Waals surface area contributed by atoms with E-state index < -0.39 is 23.7 Å². The Balaban J connectivity index is 3.06. The van der Waals surface area contributed by atoms with Gasteiger partial charge in [0.1, 0.15) is 5.60 Å². The van der Waals surface area contributed by atoms with E-state index in [0.717, 1.165) is 14.7 Å². The molecule has 1 amide bonds. The fourth-order valence-electron chi connectivity index (χ4n) is 1.87. The Morgan fingerprint density at radius 1 is 1.35 bits per heavy atom. The first-order valence-corrected chi connectivity index (χ1v) is 7.10. The zero-order chi connectivity index (χ0) is 15.7. The van der Waals surface area contributed by atoms with Crippen molar-refractivity contribution >= 4 is 23.4 Å². The van der Waals surface area contributed by atoms with E-state index in [1.807, 2.05) is 13.8 Å². The number of rotatable bonds is 3. The van der Waals surface area contributed by atoms with Gasteiger partial charge in [-0.05, 0) is 46.2 Å². The van der Waals surface area contributed by atoms with E-state index in [1.165, 1.54) is 18.4 Å². The standard InChI is InChI=1S/C14H21NO4S/c1-8-7-10(9(2)20-8)11(12(16)17)15(6)13(18)19-14(3,4)5/h7,11H,1-6H3,(H,16,17). The molecule has 0 bridgehead atoms. The van der Waals surface area contributed by atoms with Gasteiger partial charge in [-0.3, -0.25) is 4.90 Å². The molecule has 6 heteroatoms.